The summed E-state index contributed by atoms with van der Waals surface area (Å²) >= 11 is 0. The molecule has 0 bridgehead atoms. The number of aromatic nitrogens is 2. The molecule has 1 aromatic heterocycles. The fourth-order valence-corrected chi connectivity index (χ4v) is 3.04. The van der Waals surface area contributed by atoms with Crippen molar-refractivity contribution in [3.05, 3.63) is 54.1 Å². The molecule has 6 heteroatoms. The van der Waals surface area contributed by atoms with Crippen LogP contribution in [0.3, 0.4) is 0 Å². The molecule has 1 heterocycles. The molecular weight excluding hydrogens is 328 g/mol. The van der Waals surface area contributed by atoms with Crippen LogP contribution >= 0.6 is 0 Å². The van der Waals surface area contributed by atoms with E-state index in [-0.39, 0.29) is 17.2 Å². The molecule has 0 unspecified atom stereocenters. The number of aromatic hydroxyl groups is 1. The first-order chi connectivity index (χ1) is 12.6. The molecule has 0 fully saturated rings. The van der Waals surface area contributed by atoms with Crippen molar-refractivity contribution >= 4 is 38.7 Å². The van der Waals surface area contributed by atoms with Gasteiger partial charge in [0.1, 0.15) is 16.8 Å². The van der Waals surface area contributed by atoms with Crippen molar-refractivity contribution in [2.24, 2.45) is 0 Å². The van der Waals surface area contributed by atoms with Crippen molar-refractivity contribution in [1.82, 2.24) is 20.2 Å². The van der Waals surface area contributed by atoms with E-state index in [0.29, 0.717) is 28.6 Å². The largest absolute Gasteiger partial charge is 0.506 e. The lowest BCUT2D eigenvalue weighted by atomic mass is 10.0. The molecule has 4 aromatic rings. The summed E-state index contributed by atoms with van der Waals surface area (Å²) < 4.78 is 0. The first-order valence-electron chi connectivity index (χ1n) is 8.29. The first kappa shape index (κ1) is 16.2. The quantitative estimate of drug-likeness (QED) is 0.339. The monoisotopic (exact) mass is 346 g/mol. The number of carbonyl (C=O) groups is 1. The summed E-state index contributed by atoms with van der Waals surface area (Å²) in [6.07, 6.45) is 0. The van der Waals surface area contributed by atoms with Gasteiger partial charge in [0.15, 0.2) is 0 Å². The summed E-state index contributed by atoms with van der Waals surface area (Å²) in [4.78, 5) is 24.0. The summed E-state index contributed by atoms with van der Waals surface area (Å²) in [5, 5.41) is 15.0. The molecule has 0 aliphatic rings. The highest BCUT2D eigenvalue weighted by Crippen LogP contribution is 2.36. The van der Waals surface area contributed by atoms with Gasteiger partial charge in [0.25, 0.3) is 5.91 Å². The molecule has 2 N–H and O–H groups in total. The predicted molar refractivity (Wildman–Crippen MR) is 102 cm³/mol. The molecule has 26 heavy (non-hydrogen) atoms. The Morgan fingerprint density at radius 2 is 1.54 bits per heavy atom. The smallest absolute Gasteiger partial charge is 0.258 e. The summed E-state index contributed by atoms with van der Waals surface area (Å²) in [5.41, 5.74) is 2.58. The summed E-state index contributed by atoms with van der Waals surface area (Å²) in [7, 11) is 3.71. The maximum absolute atomic E-state index is 12.8. The van der Waals surface area contributed by atoms with E-state index in [4.69, 9.17) is 4.98 Å². The Kier molecular flexibility index (Phi) is 3.89. The van der Waals surface area contributed by atoms with Crippen LogP contribution < -0.4 is 5.32 Å². The normalized spacial score (nSPS) is 11.5. The maximum atomic E-state index is 12.8. The molecule has 0 atom stereocenters. The number of phenolic OH excluding ortho intramolecular Hbond substituents is 1. The van der Waals surface area contributed by atoms with Crippen LogP contribution in [-0.4, -0.2) is 46.6 Å². The Labute approximate surface area is 150 Å². The number of carbonyl (C=O) groups excluding carboxylic acids is 1. The molecule has 0 aliphatic heterocycles. The average molecular weight is 346 g/mol. The molecule has 1 amide bonds. The minimum Gasteiger partial charge on any atom is -0.506 e. The number of nitrogens with zero attached hydrogens (tertiary/aromatic N) is 3. The van der Waals surface area contributed by atoms with Crippen molar-refractivity contribution in [2.45, 2.75) is 0 Å². The summed E-state index contributed by atoms with van der Waals surface area (Å²) in [6.45, 7) is 0.355. The molecule has 0 radical (unpaired) electrons. The average Bonchev–Trinajstić information content (AvgIpc) is 2.65. The van der Waals surface area contributed by atoms with E-state index in [2.05, 4.69) is 10.3 Å². The molecule has 3 aromatic carbocycles. The van der Waals surface area contributed by atoms with E-state index in [0.717, 1.165) is 10.9 Å². The second-order valence-corrected chi connectivity index (χ2v) is 6.42. The third-order valence-electron chi connectivity index (χ3n) is 4.26. The zero-order valence-electron chi connectivity index (χ0n) is 14.5. The lowest BCUT2D eigenvalue weighted by Gasteiger charge is -2.15. The standard InChI is InChI=1S/C20H18N4O2/c1-24(2)11-21-20(26)16-18-17(12-7-3-4-8-13(12)19(16)25)22-14-9-5-6-10-15(14)23-18/h3-10,25H,11H2,1-2H3,(H,21,26). The number of nitrogens with one attached hydrogen (secondary N) is 1. The predicted octanol–water partition coefficient (Wildman–Crippen LogP) is 2.89. The van der Waals surface area contributed by atoms with Crippen LogP contribution in [0.4, 0.5) is 0 Å². The third kappa shape index (κ3) is 2.60. The first-order valence-corrected chi connectivity index (χ1v) is 8.29. The van der Waals surface area contributed by atoms with Gasteiger partial charge >= 0.3 is 0 Å². The van der Waals surface area contributed by atoms with E-state index in [1.807, 2.05) is 61.5 Å². The lowest BCUT2D eigenvalue weighted by Crippen LogP contribution is -2.33. The zero-order chi connectivity index (χ0) is 18.3. The second kappa shape index (κ2) is 6.24. The highest BCUT2D eigenvalue weighted by molar-refractivity contribution is 6.19. The van der Waals surface area contributed by atoms with Crippen molar-refractivity contribution in [3.8, 4) is 5.75 Å². The minimum absolute atomic E-state index is 0.0751. The van der Waals surface area contributed by atoms with Gasteiger partial charge in [-0.15, -0.1) is 0 Å². The molecule has 4 rings (SSSR count). The molecule has 0 aliphatic carbocycles. The maximum Gasteiger partial charge on any atom is 0.258 e. The van der Waals surface area contributed by atoms with Gasteiger partial charge in [-0.3, -0.25) is 9.69 Å². The van der Waals surface area contributed by atoms with Gasteiger partial charge in [0.2, 0.25) is 0 Å². The fourth-order valence-electron chi connectivity index (χ4n) is 3.04. The van der Waals surface area contributed by atoms with Gasteiger partial charge in [-0.05, 0) is 26.2 Å². The van der Waals surface area contributed by atoms with Crippen LogP contribution in [0.5, 0.6) is 5.75 Å². The highest BCUT2D eigenvalue weighted by Gasteiger charge is 2.22. The topological polar surface area (TPSA) is 78.4 Å². The molecule has 0 spiro atoms. The van der Waals surface area contributed by atoms with Crippen molar-refractivity contribution in [3.63, 3.8) is 0 Å². The van der Waals surface area contributed by atoms with Gasteiger partial charge in [-0.2, -0.15) is 0 Å². The lowest BCUT2D eigenvalue weighted by molar-refractivity contribution is 0.0934. The van der Waals surface area contributed by atoms with Crippen LogP contribution in [0, 0.1) is 0 Å². The van der Waals surface area contributed by atoms with Gasteiger partial charge in [-0.25, -0.2) is 9.97 Å². The van der Waals surface area contributed by atoms with Crippen LogP contribution in [0.15, 0.2) is 48.5 Å². The summed E-state index contributed by atoms with van der Waals surface area (Å²) in [5.74, 6) is -0.453. The van der Waals surface area contributed by atoms with Gasteiger partial charge in [-0.1, -0.05) is 36.4 Å². The summed E-state index contributed by atoms with van der Waals surface area (Å²) in [6, 6.07) is 14.9. The number of para-hydroxylation sites is 2. The van der Waals surface area contributed by atoms with Crippen LogP contribution in [0.2, 0.25) is 0 Å². The number of hydrogen-bond acceptors (Lipinski definition) is 5. The van der Waals surface area contributed by atoms with E-state index in [9.17, 15) is 9.90 Å². The number of phenols is 1. The third-order valence-corrected chi connectivity index (χ3v) is 4.26. The Bertz CT molecular complexity index is 1150. The molecule has 130 valence electrons. The minimum atomic E-state index is -0.378. The molecule has 6 nitrogen and oxygen atoms in total. The molecule has 0 saturated carbocycles. The van der Waals surface area contributed by atoms with E-state index >= 15 is 0 Å². The zero-order valence-corrected chi connectivity index (χ0v) is 14.5. The Morgan fingerprint density at radius 3 is 2.19 bits per heavy atom. The SMILES string of the molecule is CN(C)CNC(=O)c1c(O)c2ccccc2c2nc3ccccc3nc12. The molecule has 0 saturated heterocycles. The Morgan fingerprint density at radius 1 is 0.962 bits per heavy atom. The number of rotatable bonds is 3. The van der Waals surface area contributed by atoms with Gasteiger partial charge in [0.05, 0.1) is 23.2 Å². The fraction of sp³-hybridized carbons (Fsp3) is 0.150. The van der Waals surface area contributed by atoms with Gasteiger partial charge in [0, 0.05) is 10.8 Å². The van der Waals surface area contributed by atoms with Gasteiger partial charge < -0.3 is 10.4 Å². The molecular formula is C20H18N4O2. The van der Waals surface area contributed by atoms with Crippen LogP contribution in [0.1, 0.15) is 10.4 Å². The Hall–Kier alpha value is -3.25. The van der Waals surface area contributed by atoms with E-state index < -0.39 is 0 Å². The Balaban J connectivity index is 2.08. The van der Waals surface area contributed by atoms with Crippen LogP contribution in [0.25, 0.3) is 32.8 Å². The number of fused-ring (bicyclic) bond motifs is 4. The number of amides is 1. The highest BCUT2D eigenvalue weighted by atomic mass is 16.3. The van der Waals surface area contributed by atoms with Crippen molar-refractivity contribution in [1.29, 1.82) is 0 Å². The van der Waals surface area contributed by atoms with Crippen molar-refractivity contribution in [2.75, 3.05) is 20.8 Å². The van der Waals surface area contributed by atoms with E-state index in [1.54, 1.807) is 6.07 Å². The second-order valence-electron chi connectivity index (χ2n) is 6.42. The number of benzene rings is 3. The van der Waals surface area contributed by atoms with Crippen LogP contribution in [-0.2, 0) is 0 Å². The number of hydrogen-bond donors (Lipinski definition) is 2. The van der Waals surface area contributed by atoms with Crippen molar-refractivity contribution < 1.29 is 9.90 Å². The van der Waals surface area contributed by atoms with E-state index in [1.165, 1.54) is 0 Å².